The second-order valence-corrected chi connectivity index (χ2v) is 3.46. The van der Waals surface area contributed by atoms with Crippen molar-refractivity contribution in [2.75, 3.05) is 12.8 Å². The molecule has 0 spiro atoms. The molecule has 8 nitrogen and oxygen atoms in total. The van der Waals surface area contributed by atoms with E-state index in [0.29, 0.717) is 11.4 Å². The van der Waals surface area contributed by atoms with Crippen molar-refractivity contribution in [2.45, 2.75) is 0 Å². The van der Waals surface area contributed by atoms with Gasteiger partial charge in [-0.1, -0.05) is 0 Å². The Morgan fingerprint density at radius 1 is 1.21 bits per heavy atom. The molecule has 2 N–H and O–H groups in total. The quantitative estimate of drug-likeness (QED) is 0.507. The fourth-order valence-corrected chi connectivity index (χ4v) is 1.38. The number of benzene rings is 1. The molecule has 0 radical (unpaired) electrons. The maximum absolute atomic E-state index is 11.0. The number of hydrogen-bond acceptors (Lipinski definition) is 7. The number of nitrogens with two attached hydrogens (primary N) is 1. The molecule has 0 saturated carbocycles. The number of hydrogen-bond donors (Lipinski definition) is 1. The van der Waals surface area contributed by atoms with Gasteiger partial charge in [0, 0.05) is 5.69 Å². The zero-order chi connectivity index (χ0) is 13.8. The summed E-state index contributed by atoms with van der Waals surface area (Å²) >= 11 is 0. The number of nitrogen functional groups attached to an aromatic ring is 1. The Bertz CT molecular complexity index is 600. The summed E-state index contributed by atoms with van der Waals surface area (Å²) in [5, 5.41) is 11.0. The van der Waals surface area contributed by atoms with Crippen LogP contribution in [0.25, 0.3) is 0 Å². The molecule has 98 valence electrons. The summed E-state index contributed by atoms with van der Waals surface area (Å²) in [6.45, 7) is 0. The summed E-state index contributed by atoms with van der Waals surface area (Å²) in [5.41, 5.74) is 5.66. The molecule has 0 atom stereocenters. The first-order valence-corrected chi connectivity index (χ1v) is 5.18. The third kappa shape index (κ3) is 2.68. The summed E-state index contributed by atoms with van der Waals surface area (Å²) in [4.78, 5) is 17.7. The zero-order valence-electron chi connectivity index (χ0n) is 9.94. The van der Waals surface area contributed by atoms with Crippen LogP contribution in [-0.2, 0) is 0 Å². The number of nitro groups is 1. The lowest BCUT2D eigenvalue weighted by Crippen LogP contribution is -2.01. The lowest BCUT2D eigenvalue weighted by Gasteiger charge is -2.06. The van der Waals surface area contributed by atoms with Crippen molar-refractivity contribution in [1.82, 2.24) is 9.97 Å². The van der Waals surface area contributed by atoms with Crippen LogP contribution in [0.3, 0.4) is 0 Å². The average Bonchev–Trinajstić information content (AvgIpc) is 2.40. The van der Waals surface area contributed by atoms with E-state index in [1.807, 2.05) is 0 Å². The lowest BCUT2D eigenvalue weighted by atomic mass is 10.3. The van der Waals surface area contributed by atoms with Crippen LogP contribution in [0.1, 0.15) is 0 Å². The van der Waals surface area contributed by atoms with Gasteiger partial charge in [0.25, 0.3) is 0 Å². The van der Waals surface area contributed by atoms with Gasteiger partial charge in [-0.25, -0.2) is 0 Å². The fourth-order valence-electron chi connectivity index (χ4n) is 1.38. The normalized spacial score (nSPS) is 9.95. The molecule has 2 aromatic rings. The molecule has 0 aliphatic heterocycles. The van der Waals surface area contributed by atoms with E-state index in [1.54, 1.807) is 24.3 Å². The van der Waals surface area contributed by atoms with Crippen LogP contribution in [0.15, 0.2) is 30.6 Å². The Morgan fingerprint density at radius 3 is 2.42 bits per heavy atom. The van der Waals surface area contributed by atoms with Crippen LogP contribution in [0.5, 0.6) is 17.5 Å². The van der Waals surface area contributed by atoms with Gasteiger partial charge >= 0.3 is 17.4 Å². The Labute approximate surface area is 108 Å². The van der Waals surface area contributed by atoms with E-state index in [9.17, 15) is 10.1 Å². The third-order valence-electron chi connectivity index (χ3n) is 2.23. The minimum absolute atomic E-state index is 0.162. The van der Waals surface area contributed by atoms with E-state index in [0.717, 1.165) is 6.33 Å². The summed E-state index contributed by atoms with van der Waals surface area (Å²) in [5.74, 6) is 0.0186. The van der Waals surface area contributed by atoms with Crippen molar-refractivity contribution in [3.63, 3.8) is 0 Å². The Balaban J connectivity index is 2.39. The first kappa shape index (κ1) is 12.6. The molecule has 1 aromatic carbocycles. The van der Waals surface area contributed by atoms with Gasteiger partial charge in [0.15, 0.2) is 0 Å². The smallest absolute Gasteiger partial charge is 0.392 e. The van der Waals surface area contributed by atoms with Gasteiger partial charge in [0.2, 0.25) is 0 Å². The van der Waals surface area contributed by atoms with Crippen LogP contribution in [0, 0.1) is 10.1 Å². The highest BCUT2D eigenvalue weighted by Gasteiger charge is 2.25. The van der Waals surface area contributed by atoms with Gasteiger partial charge in [0.05, 0.1) is 12.0 Å². The van der Waals surface area contributed by atoms with Gasteiger partial charge in [-0.2, -0.15) is 9.97 Å². The highest BCUT2D eigenvalue weighted by atomic mass is 16.6. The number of nitrogens with zero attached hydrogens (tertiary/aromatic N) is 3. The number of methoxy groups -OCH3 is 1. The van der Waals surface area contributed by atoms with Crippen molar-refractivity contribution in [3.05, 3.63) is 40.7 Å². The molecular weight excluding hydrogens is 252 g/mol. The first-order chi connectivity index (χ1) is 9.11. The molecule has 1 aromatic heterocycles. The van der Waals surface area contributed by atoms with E-state index < -0.39 is 10.6 Å². The second-order valence-electron chi connectivity index (χ2n) is 3.46. The molecule has 19 heavy (non-hydrogen) atoms. The second kappa shape index (κ2) is 5.17. The summed E-state index contributed by atoms with van der Waals surface area (Å²) in [6, 6.07) is 6.38. The fraction of sp³-hybridized carbons (Fsp3) is 0.0909. The SMILES string of the molecule is COc1ncnc(Oc2ccc(N)cc2)c1[N+](=O)[O-]. The van der Waals surface area contributed by atoms with E-state index >= 15 is 0 Å². The Hall–Kier alpha value is -2.90. The summed E-state index contributed by atoms with van der Waals surface area (Å²) in [7, 11) is 1.28. The maximum atomic E-state index is 11.0. The minimum Gasteiger partial charge on any atom is -0.476 e. The van der Waals surface area contributed by atoms with Crippen molar-refractivity contribution < 1.29 is 14.4 Å². The molecule has 0 unspecified atom stereocenters. The predicted molar refractivity (Wildman–Crippen MR) is 66.2 cm³/mol. The van der Waals surface area contributed by atoms with Gasteiger partial charge in [-0.3, -0.25) is 10.1 Å². The van der Waals surface area contributed by atoms with Gasteiger partial charge < -0.3 is 15.2 Å². The van der Waals surface area contributed by atoms with Crippen LogP contribution < -0.4 is 15.2 Å². The molecular formula is C11H10N4O4. The van der Waals surface area contributed by atoms with Gasteiger partial charge in [-0.05, 0) is 24.3 Å². The molecule has 0 amide bonds. The van der Waals surface area contributed by atoms with Gasteiger partial charge in [0.1, 0.15) is 12.1 Å². The topological polar surface area (TPSA) is 113 Å². The predicted octanol–water partition coefficient (Wildman–Crippen LogP) is 1.77. The third-order valence-corrected chi connectivity index (χ3v) is 2.23. The van der Waals surface area contributed by atoms with Crippen LogP contribution in [0.2, 0.25) is 0 Å². The van der Waals surface area contributed by atoms with E-state index in [4.69, 9.17) is 15.2 Å². The highest BCUT2D eigenvalue weighted by Crippen LogP contribution is 2.35. The van der Waals surface area contributed by atoms with Crippen molar-refractivity contribution in [2.24, 2.45) is 0 Å². The largest absolute Gasteiger partial charge is 0.476 e. The molecule has 0 saturated heterocycles. The minimum atomic E-state index is -0.661. The molecule has 8 heteroatoms. The van der Waals surface area contributed by atoms with Crippen molar-refractivity contribution in [1.29, 1.82) is 0 Å². The number of ether oxygens (including phenoxy) is 2. The monoisotopic (exact) mass is 262 g/mol. The van der Waals surface area contributed by atoms with Crippen LogP contribution in [0.4, 0.5) is 11.4 Å². The van der Waals surface area contributed by atoms with Crippen LogP contribution in [-0.4, -0.2) is 22.0 Å². The Morgan fingerprint density at radius 2 is 1.84 bits per heavy atom. The molecule has 0 bridgehead atoms. The Kier molecular flexibility index (Phi) is 3.42. The van der Waals surface area contributed by atoms with Crippen molar-refractivity contribution >= 4 is 11.4 Å². The number of rotatable bonds is 4. The van der Waals surface area contributed by atoms with Gasteiger partial charge in [-0.15, -0.1) is 0 Å². The molecule has 0 fully saturated rings. The molecule has 0 aliphatic rings. The summed E-state index contributed by atoms with van der Waals surface area (Å²) < 4.78 is 10.2. The van der Waals surface area contributed by atoms with E-state index in [2.05, 4.69) is 9.97 Å². The van der Waals surface area contributed by atoms with E-state index in [1.165, 1.54) is 7.11 Å². The zero-order valence-corrected chi connectivity index (χ0v) is 9.94. The highest BCUT2D eigenvalue weighted by molar-refractivity contribution is 5.51. The van der Waals surface area contributed by atoms with Crippen molar-refractivity contribution in [3.8, 4) is 17.5 Å². The standard InChI is InChI=1S/C11H10N4O4/c1-18-10-9(15(16)17)11(14-6-13-10)19-8-4-2-7(12)3-5-8/h2-6H,12H2,1H3. The lowest BCUT2D eigenvalue weighted by molar-refractivity contribution is -0.387. The first-order valence-electron chi connectivity index (χ1n) is 5.18. The van der Waals surface area contributed by atoms with E-state index in [-0.39, 0.29) is 11.8 Å². The molecule has 0 aliphatic carbocycles. The number of aromatic nitrogens is 2. The molecule has 1 heterocycles. The maximum Gasteiger partial charge on any atom is 0.392 e. The van der Waals surface area contributed by atoms with Crippen LogP contribution >= 0.6 is 0 Å². The number of anilines is 1. The molecule has 2 rings (SSSR count). The average molecular weight is 262 g/mol. The summed E-state index contributed by atoms with van der Waals surface area (Å²) in [6.07, 6.45) is 1.12.